The van der Waals surface area contributed by atoms with Crippen LogP contribution in [0.5, 0.6) is 17.2 Å². The molecule has 1 aromatic carbocycles. The summed E-state index contributed by atoms with van der Waals surface area (Å²) in [6, 6.07) is 2.66. The van der Waals surface area contributed by atoms with Crippen molar-refractivity contribution in [1.29, 1.82) is 0 Å². The second-order valence-electron chi connectivity index (χ2n) is 4.20. The first-order valence-electron chi connectivity index (χ1n) is 4.92. The number of hydrogen-bond acceptors (Lipinski definition) is 4. The van der Waals surface area contributed by atoms with Crippen LogP contribution in [0.3, 0.4) is 0 Å². The lowest BCUT2D eigenvalue weighted by Gasteiger charge is -2.12. The Labute approximate surface area is 91.6 Å². The standard InChI is InChI=1S/C11H12O5/c12-7-2-1-6(8(13)9(7)14)5-11(3-4-11)10(15)16/h1-2,12-14H,3-5H2,(H,15,16). The molecule has 0 unspecified atom stereocenters. The second-order valence-corrected chi connectivity index (χ2v) is 4.20. The molecule has 1 fully saturated rings. The van der Waals surface area contributed by atoms with Gasteiger partial charge in [0.15, 0.2) is 11.5 Å². The van der Waals surface area contributed by atoms with Gasteiger partial charge < -0.3 is 20.4 Å². The van der Waals surface area contributed by atoms with Crippen molar-refractivity contribution in [2.24, 2.45) is 5.41 Å². The Bertz CT molecular complexity index is 448. The molecule has 0 atom stereocenters. The highest BCUT2D eigenvalue weighted by Gasteiger charge is 2.50. The third-order valence-corrected chi connectivity index (χ3v) is 3.05. The van der Waals surface area contributed by atoms with Crippen LogP contribution >= 0.6 is 0 Å². The molecular formula is C11H12O5. The van der Waals surface area contributed by atoms with E-state index in [-0.39, 0.29) is 6.42 Å². The van der Waals surface area contributed by atoms with Gasteiger partial charge in [0.05, 0.1) is 5.41 Å². The van der Waals surface area contributed by atoms with Gasteiger partial charge in [-0.25, -0.2) is 0 Å². The van der Waals surface area contributed by atoms with Crippen LogP contribution in [0.25, 0.3) is 0 Å². The van der Waals surface area contributed by atoms with E-state index >= 15 is 0 Å². The van der Waals surface area contributed by atoms with E-state index in [1.807, 2.05) is 0 Å². The average Bonchev–Trinajstić information content (AvgIpc) is 3.00. The molecule has 2 rings (SSSR count). The molecule has 86 valence electrons. The Morgan fingerprint density at radius 3 is 2.31 bits per heavy atom. The van der Waals surface area contributed by atoms with Crippen molar-refractivity contribution >= 4 is 5.97 Å². The minimum atomic E-state index is -0.889. The highest BCUT2D eigenvalue weighted by molar-refractivity contribution is 5.78. The smallest absolute Gasteiger partial charge is 0.309 e. The zero-order valence-corrected chi connectivity index (χ0v) is 8.47. The molecule has 5 heteroatoms. The molecule has 0 radical (unpaired) electrons. The molecule has 1 aliphatic carbocycles. The van der Waals surface area contributed by atoms with Crippen LogP contribution < -0.4 is 0 Å². The van der Waals surface area contributed by atoms with Crippen molar-refractivity contribution in [3.8, 4) is 17.2 Å². The molecule has 16 heavy (non-hydrogen) atoms. The van der Waals surface area contributed by atoms with E-state index in [0.29, 0.717) is 18.4 Å². The van der Waals surface area contributed by atoms with E-state index in [1.165, 1.54) is 12.1 Å². The van der Waals surface area contributed by atoms with E-state index < -0.39 is 28.6 Å². The van der Waals surface area contributed by atoms with Gasteiger partial charge in [-0.2, -0.15) is 0 Å². The predicted molar refractivity (Wildman–Crippen MR) is 54.4 cm³/mol. The van der Waals surface area contributed by atoms with Crippen LogP contribution in [0.2, 0.25) is 0 Å². The zero-order chi connectivity index (χ0) is 11.9. The number of hydrogen-bond donors (Lipinski definition) is 4. The van der Waals surface area contributed by atoms with Crippen LogP contribution in [-0.4, -0.2) is 26.4 Å². The molecule has 0 bridgehead atoms. The highest BCUT2D eigenvalue weighted by atomic mass is 16.4. The fourth-order valence-corrected chi connectivity index (χ4v) is 1.74. The lowest BCUT2D eigenvalue weighted by Crippen LogP contribution is -2.17. The lowest BCUT2D eigenvalue weighted by atomic mass is 9.95. The number of aliphatic carboxylic acids is 1. The molecule has 0 aliphatic heterocycles. The third kappa shape index (κ3) is 1.54. The van der Waals surface area contributed by atoms with Crippen LogP contribution in [0.1, 0.15) is 18.4 Å². The third-order valence-electron chi connectivity index (χ3n) is 3.05. The first-order valence-corrected chi connectivity index (χ1v) is 4.92. The highest BCUT2D eigenvalue weighted by Crippen LogP contribution is 2.51. The van der Waals surface area contributed by atoms with Crippen molar-refractivity contribution in [2.75, 3.05) is 0 Å². The fraction of sp³-hybridized carbons (Fsp3) is 0.364. The quantitative estimate of drug-likeness (QED) is 0.578. The van der Waals surface area contributed by atoms with Crippen LogP contribution in [-0.2, 0) is 11.2 Å². The van der Waals surface area contributed by atoms with Crippen molar-refractivity contribution in [1.82, 2.24) is 0 Å². The molecule has 1 aliphatic rings. The summed E-state index contributed by atoms with van der Waals surface area (Å²) in [5.74, 6) is -2.34. The van der Waals surface area contributed by atoms with Gasteiger partial charge in [-0.3, -0.25) is 4.79 Å². The summed E-state index contributed by atoms with van der Waals surface area (Å²) >= 11 is 0. The summed E-state index contributed by atoms with van der Waals surface area (Å²) in [7, 11) is 0. The van der Waals surface area contributed by atoms with E-state index in [9.17, 15) is 15.0 Å². The molecule has 1 saturated carbocycles. The van der Waals surface area contributed by atoms with Crippen molar-refractivity contribution in [2.45, 2.75) is 19.3 Å². The molecule has 0 amide bonds. The van der Waals surface area contributed by atoms with Crippen molar-refractivity contribution in [3.05, 3.63) is 17.7 Å². The maximum Gasteiger partial charge on any atom is 0.309 e. The van der Waals surface area contributed by atoms with Gasteiger partial charge in [0.2, 0.25) is 5.75 Å². The summed E-state index contributed by atoms with van der Waals surface area (Å²) in [4.78, 5) is 11.0. The number of aromatic hydroxyl groups is 3. The SMILES string of the molecule is O=C(O)C1(Cc2ccc(O)c(O)c2O)CC1. The maximum absolute atomic E-state index is 11.0. The van der Waals surface area contributed by atoms with Crippen LogP contribution in [0.4, 0.5) is 0 Å². The Morgan fingerprint density at radius 1 is 1.19 bits per heavy atom. The molecule has 4 N–H and O–H groups in total. The van der Waals surface area contributed by atoms with Crippen molar-refractivity contribution < 1.29 is 25.2 Å². The average molecular weight is 224 g/mol. The number of carboxylic acids is 1. The topological polar surface area (TPSA) is 98.0 Å². The molecule has 0 saturated heterocycles. The number of phenols is 3. The minimum Gasteiger partial charge on any atom is -0.504 e. The van der Waals surface area contributed by atoms with Gasteiger partial charge >= 0.3 is 5.97 Å². The fourth-order valence-electron chi connectivity index (χ4n) is 1.74. The van der Waals surface area contributed by atoms with E-state index in [1.54, 1.807) is 0 Å². The molecular weight excluding hydrogens is 212 g/mol. The number of carbonyl (C=O) groups is 1. The van der Waals surface area contributed by atoms with E-state index in [0.717, 1.165) is 0 Å². The number of carboxylic acid groups (broad SMARTS) is 1. The summed E-state index contributed by atoms with van der Waals surface area (Å²) in [5, 5.41) is 37.0. The summed E-state index contributed by atoms with van der Waals surface area (Å²) in [6.07, 6.45) is 1.31. The van der Waals surface area contributed by atoms with Gasteiger partial charge in [-0.15, -0.1) is 0 Å². The number of benzene rings is 1. The Kier molecular flexibility index (Phi) is 2.18. The van der Waals surface area contributed by atoms with E-state index in [4.69, 9.17) is 10.2 Å². The normalized spacial score (nSPS) is 17.0. The number of phenolic OH excluding ortho intramolecular Hbond substituents is 3. The summed E-state index contributed by atoms with van der Waals surface area (Å²) < 4.78 is 0. The van der Waals surface area contributed by atoms with Gasteiger partial charge in [0.1, 0.15) is 0 Å². The minimum absolute atomic E-state index is 0.169. The number of rotatable bonds is 3. The molecule has 0 aromatic heterocycles. The second kappa shape index (κ2) is 3.30. The van der Waals surface area contributed by atoms with Gasteiger partial charge in [0.25, 0.3) is 0 Å². The predicted octanol–water partition coefficient (Wildman–Crippen LogP) is 1.21. The van der Waals surface area contributed by atoms with Crippen LogP contribution in [0, 0.1) is 5.41 Å². The first-order chi connectivity index (χ1) is 7.46. The van der Waals surface area contributed by atoms with Crippen LogP contribution in [0.15, 0.2) is 12.1 Å². The summed E-state index contributed by atoms with van der Waals surface area (Å²) in [5.41, 5.74) is -0.462. The molecule has 1 aromatic rings. The molecule has 0 heterocycles. The van der Waals surface area contributed by atoms with Gasteiger partial charge in [-0.1, -0.05) is 6.07 Å². The lowest BCUT2D eigenvalue weighted by molar-refractivity contribution is -0.143. The molecule has 5 nitrogen and oxygen atoms in total. The monoisotopic (exact) mass is 224 g/mol. The largest absolute Gasteiger partial charge is 0.504 e. The Morgan fingerprint density at radius 2 is 1.81 bits per heavy atom. The van der Waals surface area contributed by atoms with E-state index in [2.05, 4.69) is 0 Å². The van der Waals surface area contributed by atoms with Gasteiger partial charge in [-0.05, 0) is 30.9 Å². The Hall–Kier alpha value is -1.91. The molecule has 0 spiro atoms. The summed E-state index contributed by atoms with van der Waals surface area (Å²) in [6.45, 7) is 0. The Balaban J connectivity index is 2.30. The zero-order valence-electron chi connectivity index (χ0n) is 8.47. The maximum atomic E-state index is 11.0. The van der Waals surface area contributed by atoms with Crippen molar-refractivity contribution in [3.63, 3.8) is 0 Å². The first kappa shape index (κ1) is 10.6. The van der Waals surface area contributed by atoms with Gasteiger partial charge in [0, 0.05) is 0 Å².